The Morgan fingerprint density at radius 3 is 2.20 bits per heavy atom. The van der Waals surface area contributed by atoms with Crippen molar-refractivity contribution in [3.05, 3.63) is 35.4 Å². The normalized spacial score (nSPS) is 19.3. The summed E-state index contributed by atoms with van der Waals surface area (Å²) in [4.78, 5) is 9.90. The van der Waals surface area contributed by atoms with Crippen molar-refractivity contribution in [2.24, 2.45) is 4.99 Å². The van der Waals surface area contributed by atoms with Gasteiger partial charge < -0.3 is 15.0 Å². The first-order chi connectivity index (χ1) is 14.3. The van der Waals surface area contributed by atoms with Crippen LogP contribution in [0.2, 0.25) is 0 Å². The van der Waals surface area contributed by atoms with Gasteiger partial charge in [-0.1, -0.05) is 37.1 Å². The van der Waals surface area contributed by atoms with E-state index in [0.717, 1.165) is 58.1 Å². The minimum atomic E-state index is 0. The van der Waals surface area contributed by atoms with E-state index in [0.29, 0.717) is 6.10 Å². The van der Waals surface area contributed by atoms with Crippen LogP contribution < -0.4 is 5.32 Å². The summed E-state index contributed by atoms with van der Waals surface area (Å²) in [5.74, 6) is 1.04. The van der Waals surface area contributed by atoms with Crippen molar-refractivity contribution in [3.63, 3.8) is 0 Å². The van der Waals surface area contributed by atoms with E-state index in [4.69, 9.17) is 9.73 Å². The molecule has 0 bridgehead atoms. The summed E-state index contributed by atoms with van der Waals surface area (Å²) in [5.41, 5.74) is 2.70. The molecule has 1 aromatic carbocycles. The van der Waals surface area contributed by atoms with Crippen molar-refractivity contribution in [1.82, 2.24) is 15.1 Å². The minimum absolute atomic E-state index is 0. The molecule has 0 aliphatic carbocycles. The zero-order valence-electron chi connectivity index (χ0n) is 18.9. The second kappa shape index (κ2) is 14.2. The highest BCUT2D eigenvalue weighted by molar-refractivity contribution is 14.0. The third kappa shape index (κ3) is 8.35. The van der Waals surface area contributed by atoms with Gasteiger partial charge in [-0.2, -0.15) is 0 Å². The highest BCUT2D eigenvalue weighted by Gasteiger charge is 2.21. The van der Waals surface area contributed by atoms with Gasteiger partial charge in [-0.05, 0) is 63.7 Å². The molecule has 0 amide bonds. The molecule has 2 fully saturated rings. The maximum Gasteiger partial charge on any atom is 0.194 e. The van der Waals surface area contributed by atoms with Gasteiger partial charge in [0, 0.05) is 32.8 Å². The maximum absolute atomic E-state index is 5.78. The van der Waals surface area contributed by atoms with E-state index >= 15 is 0 Å². The third-order valence-electron chi connectivity index (χ3n) is 6.02. The number of hydrogen-bond acceptors (Lipinski definition) is 3. The van der Waals surface area contributed by atoms with Crippen molar-refractivity contribution >= 4 is 29.9 Å². The first kappa shape index (κ1) is 25.4. The van der Waals surface area contributed by atoms with Crippen LogP contribution in [0.5, 0.6) is 0 Å². The average molecular weight is 529 g/mol. The molecule has 0 atom stereocenters. The van der Waals surface area contributed by atoms with E-state index in [9.17, 15) is 0 Å². The number of hydrogen-bond donors (Lipinski definition) is 1. The van der Waals surface area contributed by atoms with Crippen LogP contribution in [0.25, 0.3) is 0 Å². The van der Waals surface area contributed by atoms with Crippen LogP contribution in [0, 0.1) is 0 Å². The Hall–Kier alpha value is -0.860. The van der Waals surface area contributed by atoms with Gasteiger partial charge in [0.1, 0.15) is 0 Å². The average Bonchev–Trinajstić information content (AvgIpc) is 3.02. The molecule has 2 aliphatic rings. The topological polar surface area (TPSA) is 40.1 Å². The molecule has 2 aliphatic heterocycles. The lowest BCUT2D eigenvalue weighted by Crippen LogP contribution is -2.47. The molecule has 6 heteroatoms. The first-order valence-corrected chi connectivity index (χ1v) is 11.7. The smallest absolute Gasteiger partial charge is 0.194 e. The lowest BCUT2D eigenvalue weighted by atomic mass is 10.1. The summed E-state index contributed by atoms with van der Waals surface area (Å²) in [6.07, 6.45) is 8.07. The van der Waals surface area contributed by atoms with Crippen molar-refractivity contribution in [1.29, 1.82) is 0 Å². The molecule has 0 spiro atoms. The lowest BCUT2D eigenvalue weighted by molar-refractivity contribution is 0.0263. The number of piperidine rings is 1. The molecule has 0 radical (unpaired) electrons. The number of nitrogens with zero attached hydrogens (tertiary/aromatic N) is 3. The van der Waals surface area contributed by atoms with Crippen molar-refractivity contribution in [3.8, 4) is 0 Å². The Morgan fingerprint density at radius 1 is 0.967 bits per heavy atom. The van der Waals surface area contributed by atoms with E-state index in [-0.39, 0.29) is 24.0 Å². The van der Waals surface area contributed by atoms with Crippen LogP contribution in [-0.2, 0) is 17.8 Å². The van der Waals surface area contributed by atoms with E-state index in [1.807, 2.05) is 0 Å². The molecule has 2 saturated heterocycles. The molecule has 0 saturated carbocycles. The van der Waals surface area contributed by atoms with E-state index in [1.54, 1.807) is 0 Å². The maximum atomic E-state index is 5.78. The van der Waals surface area contributed by atoms with Gasteiger partial charge in [-0.25, -0.2) is 4.99 Å². The van der Waals surface area contributed by atoms with Crippen molar-refractivity contribution in [2.45, 2.75) is 71.6 Å². The summed E-state index contributed by atoms with van der Waals surface area (Å²) < 4.78 is 5.78. The van der Waals surface area contributed by atoms with Crippen LogP contribution in [-0.4, -0.2) is 61.2 Å². The highest BCUT2D eigenvalue weighted by Crippen LogP contribution is 2.16. The zero-order chi connectivity index (χ0) is 20.3. The Balaban J connectivity index is 0.00000320. The fraction of sp³-hybridized carbons (Fsp3) is 0.708. The molecule has 1 N–H and O–H groups in total. The minimum Gasteiger partial charge on any atom is -0.378 e. The van der Waals surface area contributed by atoms with Gasteiger partial charge in [0.15, 0.2) is 5.96 Å². The zero-order valence-corrected chi connectivity index (χ0v) is 21.3. The van der Waals surface area contributed by atoms with Crippen LogP contribution in [0.4, 0.5) is 0 Å². The first-order valence-electron chi connectivity index (χ1n) is 11.7. The fourth-order valence-electron chi connectivity index (χ4n) is 4.36. The van der Waals surface area contributed by atoms with Crippen LogP contribution in [0.1, 0.15) is 63.5 Å². The van der Waals surface area contributed by atoms with Gasteiger partial charge in [0.25, 0.3) is 0 Å². The molecule has 30 heavy (non-hydrogen) atoms. The molecule has 0 aromatic heterocycles. The van der Waals surface area contributed by atoms with Gasteiger partial charge in [-0.3, -0.25) is 4.90 Å². The summed E-state index contributed by atoms with van der Waals surface area (Å²) in [5, 5.41) is 3.47. The highest BCUT2D eigenvalue weighted by atomic mass is 127. The molecule has 2 heterocycles. The number of aliphatic imine (C=N–C) groups is 1. The predicted molar refractivity (Wildman–Crippen MR) is 137 cm³/mol. The second-order valence-electron chi connectivity index (χ2n) is 8.32. The number of likely N-dealkylation sites (tertiary alicyclic amines) is 2. The summed E-state index contributed by atoms with van der Waals surface area (Å²) in [7, 11) is 0. The fourth-order valence-corrected chi connectivity index (χ4v) is 4.36. The van der Waals surface area contributed by atoms with Crippen LogP contribution in [0.3, 0.4) is 0 Å². The van der Waals surface area contributed by atoms with Crippen LogP contribution in [0.15, 0.2) is 29.3 Å². The predicted octanol–water partition coefficient (Wildman–Crippen LogP) is 4.65. The van der Waals surface area contributed by atoms with Gasteiger partial charge >= 0.3 is 0 Å². The number of rotatable bonds is 7. The number of guanidine groups is 1. The summed E-state index contributed by atoms with van der Waals surface area (Å²) in [6.45, 7) is 12.3. The molecule has 5 nitrogen and oxygen atoms in total. The van der Waals surface area contributed by atoms with Gasteiger partial charge in [0.05, 0.1) is 12.6 Å². The lowest BCUT2D eigenvalue weighted by Gasteiger charge is -2.34. The third-order valence-corrected chi connectivity index (χ3v) is 6.02. The second-order valence-corrected chi connectivity index (χ2v) is 8.32. The quantitative estimate of drug-likeness (QED) is 0.318. The van der Waals surface area contributed by atoms with E-state index in [1.165, 1.54) is 49.9 Å². The van der Waals surface area contributed by atoms with E-state index < -0.39 is 0 Å². The standard InChI is InChI=1S/C24H40N4O.HI/c1-3-25-24(28-17-13-23(14-18-28)29-4-2)26-19-21-9-11-22(12-10-21)20-27-15-7-5-6-8-16-27;/h9-12,23H,3-8,13-20H2,1-2H3,(H,25,26);1H. The monoisotopic (exact) mass is 528 g/mol. The molecular formula is C24H41IN4O. The van der Waals surface area contributed by atoms with Crippen LogP contribution >= 0.6 is 24.0 Å². The number of halogens is 1. The van der Waals surface area contributed by atoms with Crippen molar-refractivity contribution < 1.29 is 4.74 Å². The summed E-state index contributed by atoms with van der Waals surface area (Å²) in [6, 6.07) is 9.08. The SMILES string of the molecule is CCNC(=NCc1ccc(CN2CCCCCC2)cc1)N1CCC(OCC)CC1.I. The number of nitrogens with one attached hydrogen (secondary N) is 1. The molecule has 170 valence electrons. The van der Waals surface area contributed by atoms with Gasteiger partial charge in [0.2, 0.25) is 0 Å². The molecule has 3 rings (SSSR count). The number of benzene rings is 1. The summed E-state index contributed by atoms with van der Waals surface area (Å²) >= 11 is 0. The Bertz CT molecular complexity index is 606. The van der Waals surface area contributed by atoms with Gasteiger partial charge in [-0.15, -0.1) is 24.0 Å². The van der Waals surface area contributed by atoms with Crippen molar-refractivity contribution in [2.75, 3.05) is 39.3 Å². The Labute approximate surface area is 200 Å². The molecular weight excluding hydrogens is 487 g/mol. The Morgan fingerprint density at radius 2 is 1.60 bits per heavy atom. The molecule has 1 aromatic rings. The largest absolute Gasteiger partial charge is 0.378 e. The molecule has 0 unspecified atom stereocenters. The number of ether oxygens (including phenoxy) is 1. The Kier molecular flexibility index (Phi) is 12.1. The van der Waals surface area contributed by atoms with E-state index in [2.05, 4.69) is 53.2 Å².